The van der Waals surface area contributed by atoms with Crippen LogP contribution in [0.1, 0.15) is 27.0 Å². The van der Waals surface area contributed by atoms with Crippen molar-refractivity contribution in [2.24, 2.45) is 0 Å². The monoisotopic (exact) mass is 390 g/mol. The first kappa shape index (κ1) is 19.1. The summed E-state index contributed by atoms with van der Waals surface area (Å²) in [6.45, 7) is 0. The van der Waals surface area contributed by atoms with Gasteiger partial charge >= 0.3 is 12.4 Å². The van der Waals surface area contributed by atoms with E-state index >= 15 is 0 Å². The van der Waals surface area contributed by atoms with Crippen LogP contribution in [0.15, 0.2) is 36.4 Å². The zero-order chi connectivity index (χ0) is 20.0. The van der Waals surface area contributed by atoms with Crippen LogP contribution in [0.2, 0.25) is 0 Å². The smallest absolute Gasteiger partial charge is 0.416 e. The minimum Gasteiger partial charge on any atom is -0.497 e. The fourth-order valence-corrected chi connectivity index (χ4v) is 2.80. The number of carbonyl (C=O) groups excluding carboxylic acids is 1. The summed E-state index contributed by atoms with van der Waals surface area (Å²) in [5.74, 6) is 0.0495. The van der Waals surface area contributed by atoms with Crippen molar-refractivity contribution in [3.63, 3.8) is 0 Å². The molecule has 0 saturated carbocycles. The van der Waals surface area contributed by atoms with Crippen LogP contribution in [0.3, 0.4) is 0 Å². The number of ketones is 1. The molecule has 0 N–H and O–H groups in total. The van der Waals surface area contributed by atoms with Gasteiger partial charge in [0, 0.05) is 6.42 Å². The second-order valence-electron chi connectivity index (χ2n) is 5.95. The van der Waals surface area contributed by atoms with E-state index in [1.807, 2.05) is 0 Å². The minimum absolute atomic E-state index is 0.0421. The van der Waals surface area contributed by atoms with E-state index in [0.29, 0.717) is 17.9 Å². The minimum atomic E-state index is -4.95. The first-order valence-electron chi connectivity index (χ1n) is 7.66. The van der Waals surface area contributed by atoms with Gasteiger partial charge in [0.25, 0.3) is 0 Å². The van der Waals surface area contributed by atoms with Gasteiger partial charge in [-0.05, 0) is 42.0 Å². The summed E-state index contributed by atoms with van der Waals surface area (Å²) in [5, 5.41) is 0. The van der Waals surface area contributed by atoms with E-state index in [1.54, 1.807) is 0 Å². The molecular weight excluding hydrogens is 378 g/mol. The summed E-state index contributed by atoms with van der Waals surface area (Å²) in [5.41, 5.74) is -2.99. The molecule has 0 radical (unpaired) electrons. The van der Waals surface area contributed by atoms with E-state index in [2.05, 4.69) is 0 Å². The average molecular weight is 390 g/mol. The quantitative estimate of drug-likeness (QED) is 0.698. The standard InChI is InChI=1S/C18H12F6O3/c1-26-12-2-3-14-13(8-12)16(25)15(27-14)6-9-4-10(17(19,20)21)7-11(5-9)18(22,23)24/h2-5,7-8,15H,6H2,1H3. The number of alkyl halides is 6. The van der Waals surface area contributed by atoms with Crippen molar-refractivity contribution < 1.29 is 40.6 Å². The molecule has 1 unspecified atom stereocenters. The van der Waals surface area contributed by atoms with Crippen LogP contribution in [-0.2, 0) is 18.8 Å². The summed E-state index contributed by atoms with van der Waals surface area (Å²) in [4.78, 5) is 12.4. The molecule has 0 saturated heterocycles. The second-order valence-corrected chi connectivity index (χ2v) is 5.95. The lowest BCUT2D eigenvalue weighted by Crippen LogP contribution is -2.24. The molecule has 27 heavy (non-hydrogen) atoms. The van der Waals surface area contributed by atoms with E-state index in [4.69, 9.17) is 9.47 Å². The maximum atomic E-state index is 12.9. The van der Waals surface area contributed by atoms with Crippen LogP contribution in [0.4, 0.5) is 26.3 Å². The number of hydrogen-bond donors (Lipinski definition) is 0. The molecule has 1 aliphatic rings. The number of Topliss-reactive ketones (excluding diaryl/α,β-unsaturated/α-hetero) is 1. The molecule has 9 heteroatoms. The predicted molar refractivity (Wildman–Crippen MR) is 81.9 cm³/mol. The molecule has 0 aromatic heterocycles. The molecular formula is C18H12F6O3. The Morgan fingerprint density at radius 3 is 2.07 bits per heavy atom. The van der Waals surface area contributed by atoms with E-state index in [1.165, 1.54) is 25.3 Å². The number of benzene rings is 2. The van der Waals surface area contributed by atoms with Crippen molar-refractivity contribution >= 4 is 5.78 Å². The third kappa shape index (κ3) is 3.86. The SMILES string of the molecule is COc1ccc2c(c1)C(=O)C(Cc1cc(C(F)(F)F)cc(C(F)(F)F)c1)O2. The molecule has 1 aliphatic heterocycles. The van der Waals surface area contributed by atoms with E-state index in [-0.39, 0.29) is 22.9 Å². The third-order valence-corrected chi connectivity index (χ3v) is 4.08. The highest BCUT2D eigenvalue weighted by molar-refractivity contribution is 6.05. The van der Waals surface area contributed by atoms with Crippen molar-refractivity contribution in [1.82, 2.24) is 0 Å². The number of hydrogen-bond acceptors (Lipinski definition) is 3. The highest BCUT2D eigenvalue weighted by atomic mass is 19.4. The molecule has 3 nitrogen and oxygen atoms in total. The lowest BCUT2D eigenvalue weighted by Gasteiger charge is -2.16. The maximum Gasteiger partial charge on any atom is 0.416 e. The van der Waals surface area contributed by atoms with Crippen molar-refractivity contribution in [3.05, 3.63) is 58.7 Å². The van der Waals surface area contributed by atoms with Crippen molar-refractivity contribution in [1.29, 1.82) is 0 Å². The lowest BCUT2D eigenvalue weighted by atomic mass is 9.98. The van der Waals surface area contributed by atoms with Crippen LogP contribution < -0.4 is 9.47 Å². The average Bonchev–Trinajstić information content (AvgIpc) is 2.88. The fourth-order valence-electron chi connectivity index (χ4n) is 2.80. The number of rotatable bonds is 3. The molecule has 2 aromatic rings. The molecule has 2 aromatic carbocycles. The van der Waals surface area contributed by atoms with Gasteiger partial charge in [0.05, 0.1) is 23.8 Å². The number of ether oxygens (including phenoxy) is 2. The molecule has 144 valence electrons. The zero-order valence-corrected chi connectivity index (χ0v) is 13.7. The number of methoxy groups -OCH3 is 1. The lowest BCUT2D eigenvalue weighted by molar-refractivity contribution is -0.143. The van der Waals surface area contributed by atoms with Crippen LogP contribution >= 0.6 is 0 Å². The molecule has 1 heterocycles. The molecule has 0 fully saturated rings. The zero-order valence-electron chi connectivity index (χ0n) is 13.7. The Morgan fingerprint density at radius 1 is 0.963 bits per heavy atom. The van der Waals surface area contributed by atoms with Crippen molar-refractivity contribution in [3.8, 4) is 11.5 Å². The van der Waals surface area contributed by atoms with Gasteiger partial charge in [-0.25, -0.2) is 0 Å². The van der Waals surface area contributed by atoms with Crippen LogP contribution in [0.25, 0.3) is 0 Å². The van der Waals surface area contributed by atoms with Gasteiger partial charge in [0.2, 0.25) is 5.78 Å². The Morgan fingerprint density at radius 2 is 1.56 bits per heavy atom. The van der Waals surface area contributed by atoms with Gasteiger partial charge in [-0.15, -0.1) is 0 Å². The number of fused-ring (bicyclic) bond motifs is 1. The van der Waals surface area contributed by atoms with Crippen LogP contribution in [0, 0.1) is 0 Å². The van der Waals surface area contributed by atoms with Crippen LogP contribution in [0.5, 0.6) is 11.5 Å². The third-order valence-electron chi connectivity index (χ3n) is 4.08. The van der Waals surface area contributed by atoms with Gasteiger partial charge in [-0.2, -0.15) is 26.3 Å². The van der Waals surface area contributed by atoms with Gasteiger partial charge in [0.1, 0.15) is 11.5 Å². The Hall–Kier alpha value is -2.71. The topological polar surface area (TPSA) is 35.5 Å². The first-order chi connectivity index (χ1) is 12.5. The highest BCUT2D eigenvalue weighted by Gasteiger charge is 2.38. The first-order valence-corrected chi connectivity index (χ1v) is 7.66. The summed E-state index contributed by atoms with van der Waals surface area (Å²) in [6, 6.07) is 5.62. The van der Waals surface area contributed by atoms with Crippen molar-refractivity contribution in [2.75, 3.05) is 7.11 Å². The van der Waals surface area contributed by atoms with Gasteiger partial charge in [-0.3, -0.25) is 4.79 Å². The van der Waals surface area contributed by atoms with Crippen LogP contribution in [-0.4, -0.2) is 19.0 Å². The summed E-state index contributed by atoms with van der Waals surface area (Å²) < 4.78 is 88.1. The normalized spacial score (nSPS) is 16.9. The van der Waals surface area contributed by atoms with Gasteiger partial charge < -0.3 is 9.47 Å². The Kier molecular flexibility index (Phi) is 4.57. The number of carbonyl (C=O) groups is 1. The Bertz CT molecular complexity index is 853. The van der Waals surface area contributed by atoms with E-state index in [9.17, 15) is 31.1 Å². The molecule has 0 bridgehead atoms. The summed E-state index contributed by atoms with van der Waals surface area (Å²) >= 11 is 0. The Labute approximate surface area is 149 Å². The molecule has 1 atom stereocenters. The molecule has 3 rings (SSSR count). The van der Waals surface area contributed by atoms with Gasteiger partial charge in [-0.1, -0.05) is 0 Å². The fraction of sp³-hybridized carbons (Fsp3) is 0.278. The summed E-state index contributed by atoms with van der Waals surface area (Å²) in [6.07, 6.45) is -11.5. The number of halogens is 6. The second kappa shape index (κ2) is 6.47. The van der Waals surface area contributed by atoms with Gasteiger partial charge in [0.15, 0.2) is 6.10 Å². The molecule has 0 amide bonds. The molecule has 0 aliphatic carbocycles. The van der Waals surface area contributed by atoms with E-state index in [0.717, 1.165) is 0 Å². The Balaban J connectivity index is 1.93. The van der Waals surface area contributed by atoms with Crippen molar-refractivity contribution in [2.45, 2.75) is 24.9 Å². The predicted octanol–water partition coefficient (Wildman–Crippen LogP) is 4.92. The highest BCUT2D eigenvalue weighted by Crippen LogP contribution is 2.38. The largest absolute Gasteiger partial charge is 0.497 e. The molecule has 0 spiro atoms. The maximum absolute atomic E-state index is 12.9. The van der Waals surface area contributed by atoms with E-state index < -0.39 is 41.8 Å². The summed E-state index contributed by atoms with van der Waals surface area (Å²) in [7, 11) is 1.39.